The van der Waals surface area contributed by atoms with Crippen molar-refractivity contribution in [2.75, 3.05) is 20.8 Å². The van der Waals surface area contributed by atoms with Gasteiger partial charge in [0, 0.05) is 31.6 Å². The lowest BCUT2D eigenvalue weighted by Crippen LogP contribution is -2.61. The Hall–Kier alpha value is -3.53. The number of hydrogen-bond donors (Lipinski definition) is 0. The summed E-state index contributed by atoms with van der Waals surface area (Å²) in [6.07, 6.45) is 1.67. The molecule has 2 aromatic rings. The maximum atomic E-state index is 13.9. The van der Waals surface area contributed by atoms with Crippen molar-refractivity contribution in [1.82, 2.24) is 14.1 Å². The van der Waals surface area contributed by atoms with Gasteiger partial charge in [-0.1, -0.05) is 18.2 Å². The smallest absolute Gasteiger partial charge is 0.269 e. The van der Waals surface area contributed by atoms with Gasteiger partial charge in [-0.2, -0.15) is 0 Å². The molecule has 0 spiro atoms. The number of sulfonamides is 1. The molecule has 192 valence electrons. The lowest BCUT2D eigenvalue weighted by molar-refractivity contribution is -0.148. The molecule has 0 saturated carbocycles. The molecule has 1 saturated heterocycles. The second kappa shape index (κ2) is 9.85. The van der Waals surface area contributed by atoms with Gasteiger partial charge in [0.05, 0.1) is 14.2 Å². The van der Waals surface area contributed by atoms with Crippen LogP contribution in [0.15, 0.2) is 59.4 Å². The Morgan fingerprint density at radius 3 is 2.33 bits per heavy atom. The van der Waals surface area contributed by atoms with Crippen molar-refractivity contribution >= 4 is 21.8 Å². The van der Waals surface area contributed by atoms with Crippen molar-refractivity contribution in [3.63, 3.8) is 0 Å². The summed E-state index contributed by atoms with van der Waals surface area (Å²) in [4.78, 5) is 29.6. The fourth-order valence-electron chi connectivity index (χ4n) is 4.53. The highest BCUT2D eigenvalue weighted by atomic mass is 32.2. The molecule has 9 nitrogen and oxygen atoms in total. The Kier molecular flexibility index (Phi) is 6.99. The number of amides is 2. The first-order valence-corrected chi connectivity index (χ1v) is 13.2. The summed E-state index contributed by atoms with van der Waals surface area (Å²) >= 11 is 0. The molecular formula is C26H31N3O6S. The van der Waals surface area contributed by atoms with Crippen LogP contribution in [-0.2, 0) is 26.0 Å². The molecule has 2 aliphatic heterocycles. The average molecular weight is 514 g/mol. The maximum Gasteiger partial charge on any atom is 0.269 e. The van der Waals surface area contributed by atoms with Crippen molar-refractivity contribution in [2.45, 2.75) is 50.6 Å². The third kappa shape index (κ3) is 4.53. The van der Waals surface area contributed by atoms with Gasteiger partial charge < -0.3 is 14.4 Å². The van der Waals surface area contributed by atoms with Crippen LogP contribution in [0.5, 0.6) is 11.5 Å². The van der Waals surface area contributed by atoms with E-state index in [4.69, 9.17) is 9.47 Å². The van der Waals surface area contributed by atoms with E-state index in [0.29, 0.717) is 5.75 Å². The molecule has 0 aromatic heterocycles. The first kappa shape index (κ1) is 25.6. The van der Waals surface area contributed by atoms with E-state index in [0.717, 1.165) is 11.1 Å². The number of carbonyl (C=O) groups is 2. The van der Waals surface area contributed by atoms with Crippen molar-refractivity contribution < 1.29 is 27.5 Å². The molecule has 0 bridgehead atoms. The van der Waals surface area contributed by atoms with E-state index in [-0.39, 0.29) is 53.7 Å². The lowest BCUT2D eigenvalue weighted by atomic mass is 9.99. The summed E-state index contributed by atoms with van der Waals surface area (Å²) in [7, 11) is -1.11. The summed E-state index contributed by atoms with van der Waals surface area (Å²) in [5.74, 6) is 0.509. The van der Waals surface area contributed by atoms with Gasteiger partial charge in [-0.3, -0.25) is 14.5 Å². The summed E-state index contributed by atoms with van der Waals surface area (Å²) in [6, 6.07) is 11.1. The summed E-state index contributed by atoms with van der Waals surface area (Å²) in [6.45, 7) is 5.47. The first-order chi connectivity index (χ1) is 17.1. The third-order valence-corrected chi connectivity index (χ3v) is 8.26. The predicted molar refractivity (Wildman–Crippen MR) is 134 cm³/mol. The topological polar surface area (TPSA) is 96.5 Å². The van der Waals surface area contributed by atoms with E-state index in [9.17, 15) is 18.0 Å². The van der Waals surface area contributed by atoms with Crippen LogP contribution in [0.1, 0.15) is 31.4 Å². The molecule has 2 heterocycles. The van der Waals surface area contributed by atoms with Crippen LogP contribution in [0.2, 0.25) is 0 Å². The minimum Gasteiger partial charge on any atom is -0.497 e. The largest absolute Gasteiger partial charge is 0.497 e. The van der Waals surface area contributed by atoms with Gasteiger partial charge in [-0.15, -0.1) is 0 Å². The first-order valence-electron chi connectivity index (χ1n) is 11.7. The lowest BCUT2D eigenvalue weighted by Gasteiger charge is -2.47. The van der Waals surface area contributed by atoms with E-state index >= 15 is 0 Å². The molecule has 4 rings (SSSR count). The summed E-state index contributed by atoms with van der Waals surface area (Å²) < 4.78 is 39.6. The molecule has 1 atom stereocenters. The minimum absolute atomic E-state index is 0.0138. The van der Waals surface area contributed by atoms with Crippen LogP contribution in [0.3, 0.4) is 0 Å². The number of carbonyl (C=O) groups excluding carboxylic acids is 2. The van der Waals surface area contributed by atoms with Crippen molar-refractivity contribution in [2.24, 2.45) is 0 Å². The number of benzene rings is 2. The van der Waals surface area contributed by atoms with Crippen molar-refractivity contribution in [1.29, 1.82) is 0 Å². The Bertz CT molecular complexity index is 1300. The van der Waals surface area contributed by atoms with Gasteiger partial charge in [0.15, 0.2) is 0 Å². The molecule has 2 amide bonds. The zero-order valence-electron chi connectivity index (χ0n) is 21.1. The molecule has 2 aliphatic rings. The maximum absolute atomic E-state index is 13.9. The van der Waals surface area contributed by atoms with Crippen LogP contribution in [0.25, 0.3) is 0 Å². The number of fused-ring (bicyclic) bond motifs is 1. The van der Waals surface area contributed by atoms with E-state index < -0.39 is 16.1 Å². The molecule has 2 aromatic carbocycles. The monoisotopic (exact) mass is 513 g/mol. The average Bonchev–Trinajstić information content (AvgIpc) is 2.85. The number of aryl methyl sites for hydroxylation is 1. The van der Waals surface area contributed by atoms with E-state index in [1.165, 1.54) is 27.4 Å². The van der Waals surface area contributed by atoms with Crippen molar-refractivity contribution in [3.8, 4) is 11.5 Å². The van der Waals surface area contributed by atoms with Gasteiger partial charge in [-0.25, -0.2) is 12.7 Å². The minimum atomic E-state index is -4.10. The van der Waals surface area contributed by atoms with Crippen molar-refractivity contribution in [3.05, 3.63) is 65.6 Å². The third-order valence-electron chi connectivity index (χ3n) is 6.44. The van der Waals surface area contributed by atoms with Crippen LogP contribution in [0.4, 0.5) is 0 Å². The zero-order valence-corrected chi connectivity index (χ0v) is 21.9. The van der Waals surface area contributed by atoms with Gasteiger partial charge in [0.1, 0.15) is 28.3 Å². The van der Waals surface area contributed by atoms with Gasteiger partial charge in [-0.05, 0) is 56.2 Å². The summed E-state index contributed by atoms with van der Waals surface area (Å²) in [5, 5.41) is 0. The number of methoxy groups -OCH3 is 2. The Balaban J connectivity index is 1.80. The number of hydrogen-bond acceptors (Lipinski definition) is 6. The van der Waals surface area contributed by atoms with Crippen LogP contribution >= 0.6 is 0 Å². The van der Waals surface area contributed by atoms with Gasteiger partial charge >= 0.3 is 0 Å². The highest BCUT2D eigenvalue weighted by molar-refractivity contribution is 7.89. The fraction of sp³-hybridized carbons (Fsp3) is 0.385. The molecule has 10 heteroatoms. The molecule has 0 N–H and O–H groups in total. The molecule has 1 fully saturated rings. The zero-order chi connectivity index (χ0) is 26.2. The number of nitrogens with zero attached hydrogens (tertiary/aromatic N) is 3. The second-order valence-electron chi connectivity index (χ2n) is 9.14. The van der Waals surface area contributed by atoms with E-state index in [1.54, 1.807) is 44.4 Å². The van der Waals surface area contributed by atoms with Crippen LogP contribution in [0, 0.1) is 6.92 Å². The molecule has 36 heavy (non-hydrogen) atoms. The van der Waals surface area contributed by atoms with Gasteiger partial charge in [0.25, 0.3) is 10.0 Å². The Morgan fingerprint density at radius 2 is 1.72 bits per heavy atom. The SMILES string of the molecule is COc1ccc(CC2C(=O)N(C(C)C)C=C3N2C(=O)CCN3S(=O)(=O)c2cc(C)ccc2OC)cc1. The quantitative estimate of drug-likeness (QED) is 0.565. The molecule has 1 unspecified atom stereocenters. The summed E-state index contributed by atoms with van der Waals surface area (Å²) in [5.41, 5.74) is 1.58. The second-order valence-corrected chi connectivity index (χ2v) is 11.0. The standard InChI is InChI=1S/C26H31N3O6S/c1-17(2)27-16-24-28(36(32,33)23-14-18(3)6-11-22(23)35-5)13-12-25(30)29(24)21(26(27)31)15-19-7-9-20(34-4)10-8-19/h6-11,14,16-17,21H,12-13,15H2,1-5H3. The number of ether oxygens (including phenoxy) is 2. The molecular weight excluding hydrogens is 482 g/mol. The van der Waals surface area contributed by atoms with Gasteiger partial charge in [0.2, 0.25) is 11.8 Å². The fourth-order valence-corrected chi connectivity index (χ4v) is 6.22. The highest BCUT2D eigenvalue weighted by Gasteiger charge is 2.47. The highest BCUT2D eigenvalue weighted by Crippen LogP contribution is 2.36. The Morgan fingerprint density at radius 1 is 1.03 bits per heavy atom. The predicted octanol–water partition coefficient (Wildman–Crippen LogP) is 2.90. The normalized spacial score (nSPS) is 18.3. The van der Waals surface area contributed by atoms with E-state index in [2.05, 4.69) is 0 Å². The number of rotatable bonds is 7. The van der Waals surface area contributed by atoms with Crippen LogP contribution in [-0.4, -0.2) is 67.2 Å². The molecule has 0 radical (unpaired) electrons. The van der Waals surface area contributed by atoms with E-state index in [1.807, 2.05) is 26.0 Å². The van der Waals surface area contributed by atoms with Crippen LogP contribution < -0.4 is 9.47 Å². The molecule has 0 aliphatic carbocycles. The Labute approximate surface area is 211 Å².